The van der Waals surface area contributed by atoms with Crippen LogP contribution in [-0.4, -0.2) is 27.3 Å². The van der Waals surface area contributed by atoms with Crippen molar-refractivity contribution in [3.63, 3.8) is 0 Å². The van der Waals surface area contributed by atoms with Gasteiger partial charge in [0.2, 0.25) is 0 Å². The molecule has 1 fully saturated rings. The van der Waals surface area contributed by atoms with E-state index in [1.165, 1.54) is 11.1 Å². The molecule has 1 aromatic heterocycles. The van der Waals surface area contributed by atoms with Crippen LogP contribution < -0.4 is 5.32 Å². The largest absolute Gasteiger partial charge is 0.323 e. The summed E-state index contributed by atoms with van der Waals surface area (Å²) in [6, 6.07) is 10.5. The van der Waals surface area contributed by atoms with E-state index in [-0.39, 0.29) is 17.6 Å². The molecule has 1 saturated heterocycles. The fraction of sp³-hybridized carbons (Fsp3) is 0.500. The smallest absolute Gasteiger partial charge is 0.317 e. The van der Waals surface area contributed by atoms with Gasteiger partial charge in [-0.25, -0.2) is 9.48 Å². The summed E-state index contributed by atoms with van der Waals surface area (Å²) in [5.41, 5.74) is 3.17. The molecule has 5 nitrogen and oxygen atoms in total. The molecule has 0 aliphatic carbocycles. The molecule has 0 bridgehead atoms. The zero-order valence-corrected chi connectivity index (χ0v) is 15.8. The van der Waals surface area contributed by atoms with E-state index in [2.05, 4.69) is 62.4 Å². The summed E-state index contributed by atoms with van der Waals surface area (Å²) in [6.07, 6.45) is 2.04. The summed E-state index contributed by atoms with van der Waals surface area (Å²) >= 11 is 0. The predicted molar refractivity (Wildman–Crippen MR) is 101 cm³/mol. The first-order chi connectivity index (χ1) is 11.8. The molecule has 5 heteroatoms. The lowest BCUT2D eigenvalue weighted by Crippen LogP contribution is -2.36. The molecule has 25 heavy (non-hydrogen) atoms. The van der Waals surface area contributed by atoms with Crippen LogP contribution in [0.1, 0.15) is 56.5 Å². The minimum absolute atomic E-state index is 0.0477. The molecule has 1 aliphatic rings. The van der Waals surface area contributed by atoms with Crippen LogP contribution in [0.5, 0.6) is 0 Å². The fourth-order valence-corrected chi connectivity index (χ4v) is 3.43. The summed E-state index contributed by atoms with van der Waals surface area (Å²) in [5, 5.41) is 7.61. The normalized spacial score (nSPS) is 17.8. The number of aryl methyl sites for hydroxylation is 2. The van der Waals surface area contributed by atoms with E-state index in [1.807, 2.05) is 22.6 Å². The second-order valence-electron chi connectivity index (χ2n) is 7.95. The van der Waals surface area contributed by atoms with Gasteiger partial charge in [-0.15, -0.1) is 0 Å². The summed E-state index contributed by atoms with van der Waals surface area (Å²) in [7, 11) is 0. The Morgan fingerprint density at radius 1 is 1.20 bits per heavy atom. The number of likely N-dealkylation sites (tertiary alicyclic amines) is 1. The average molecular weight is 340 g/mol. The number of carbonyl (C=O) groups is 1. The SMILES string of the molecule is Cc1ccc([C@H]2CCCN2C(=O)Nc2cc(C)nn2C(C)(C)C)cc1. The number of nitrogens with zero attached hydrogens (tertiary/aromatic N) is 3. The van der Waals surface area contributed by atoms with E-state index in [1.54, 1.807) is 0 Å². The number of nitrogens with one attached hydrogen (secondary N) is 1. The molecule has 1 aromatic carbocycles. The summed E-state index contributed by atoms with van der Waals surface area (Å²) < 4.78 is 1.89. The second-order valence-corrected chi connectivity index (χ2v) is 7.95. The lowest BCUT2D eigenvalue weighted by Gasteiger charge is -2.27. The van der Waals surface area contributed by atoms with E-state index in [4.69, 9.17) is 0 Å². The molecule has 1 N–H and O–H groups in total. The highest BCUT2D eigenvalue weighted by atomic mass is 16.2. The van der Waals surface area contributed by atoms with Gasteiger partial charge >= 0.3 is 6.03 Å². The molecule has 2 heterocycles. The third kappa shape index (κ3) is 3.70. The standard InChI is InChI=1S/C20H28N4O/c1-14-8-10-16(11-9-14)17-7-6-12-23(17)19(25)21-18-13-15(2)22-24(18)20(3,4)5/h8-11,13,17H,6-7,12H2,1-5H3,(H,21,25)/t17-/m1/s1. The molecule has 0 radical (unpaired) electrons. The molecule has 3 rings (SSSR count). The molecular formula is C20H28N4O. The number of hydrogen-bond donors (Lipinski definition) is 1. The van der Waals surface area contributed by atoms with Crippen LogP contribution in [0.3, 0.4) is 0 Å². The van der Waals surface area contributed by atoms with Gasteiger partial charge in [-0.2, -0.15) is 5.10 Å². The van der Waals surface area contributed by atoms with Crippen molar-refractivity contribution in [1.29, 1.82) is 0 Å². The maximum Gasteiger partial charge on any atom is 0.323 e. The lowest BCUT2D eigenvalue weighted by atomic mass is 10.0. The van der Waals surface area contributed by atoms with E-state index in [0.717, 1.165) is 30.9 Å². The van der Waals surface area contributed by atoms with Gasteiger partial charge in [0.05, 0.1) is 17.3 Å². The van der Waals surface area contributed by atoms with Gasteiger partial charge in [0.25, 0.3) is 0 Å². The Morgan fingerprint density at radius 2 is 1.88 bits per heavy atom. The first-order valence-electron chi connectivity index (χ1n) is 8.97. The number of aromatic nitrogens is 2. The highest BCUT2D eigenvalue weighted by Crippen LogP contribution is 2.33. The highest BCUT2D eigenvalue weighted by Gasteiger charge is 2.31. The zero-order valence-electron chi connectivity index (χ0n) is 15.8. The average Bonchev–Trinajstić information content (AvgIpc) is 3.14. The number of amides is 2. The van der Waals surface area contributed by atoms with Crippen molar-refractivity contribution in [3.8, 4) is 0 Å². The number of hydrogen-bond acceptors (Lipinski definition) is 2. The summed E-state index contributed by atoms with van der Waals surface area (Å²) in [5.74, 6) is 0.754. The second kappa shape index (κ2) is 6.54. The maximum atomic E-state index is 12.9. The van der Waals surface area contributed by atoms with Crippen molar-refractivity contribution >= 4 is 11.8 Å². The molecule has 1 aliphatic heterocycles. The van der Waals surface area contributed by atoms with E-state index >= 15 is 0 Å². The monoisotopic (exact) mass is 340 g/mol. The quantitative estimate of drug-likeness (QED) is 0.867. The Kier molecular flexibility index (Phi) is 4.58. The van der Waals surface area contributed by atoms with Crippen LogP contribution in [-0.2, 0) is 5.54 Å². The fourth-order valence-electron chi connectivity index (χ4n) is 3.43. The van der Waals surface area contributed by atoms with Gasteiger partial charge < -0.3 is 4.90 Å². The number of anilines is 1. The first-order valence-corrected chi connectivity index (χ1v) is 8.97. The van der Waals surface area contributed by atoms with Crippen molar-refractivity contribution in [2.45, 2.75) is 59.0 Å². The first kappa shape index (κ1) is 17.5. The molecule has 0 saturated carbocycles. The van der Waals surface area contributed by atoms with Gasteiger partial charge in [0, 0.05) is 12.6 Å². The molecule has 134 valence electrons. The van der Waals surface area contributed by atoms with Gasteiger partial charge in [0.15, 0.2) is 0 Å². The van der Waals surface area contributed by atoms with Crippen molar-refractivity contribution < 1.29 is 4.79 Å². The Labute approximate surface area is 150 Å². The van der Waals surface area contributed by atoms with Gasteiger partial charge in [-0.3, -0.25) is 5.32 Å². The predicted octanol–water partition coefficient (Wildman–Crippen LogP) is 4.62. The van der Waals surface area contributed by atoms with Crippen LogP contribution >= 0.6 is 0 Å². The molecule has 1 atom stereocenters. The molecular weight excluding hydrogens is 312 g/mol. The Morgan fingerprint density at radius 3 is 2.52 bits per heavy atom. The summed E-state index contributed by atoms with van der Waals surface area (Å²) in [4.78, 5) is 14.9. The number of benzene rings is 1. The Hall–Kier alpha value is -2.30. The van der Waals surface area contributed by atoms with Crippen LogP contribution in [0.2, 0.25) is 0 Å². The van der Waals surface area contributed by atoms with Crippen LogP contribution in [0.25, 0.3) is 0 Å². The Bertz CT molecular complexity index is 755. The third-order valence-electron chi connectivity index (χ3n) is 4.68. The molecule has 0 unspecified atom stereocenters. The minimum atomic E-state index is -0.182. The number of urea groups is 1. The van der Waals surface area contributed by atoms with Crippen LogP contribution in [0, 0.1) is 13.8 Å². The lowest BCUT2D eigenvalue weighted by molar-refractivity contribution is 0.206. The zero-order chi connectivity index (χ0) is 18.2. The number of rotatable bonds is 2. The van der Waals surface area contributed by atoms with Gasteiger partial charge in [-0.05, 0) is 53.0 Å². The summed E-state index contributed by atoms with van der Waals surface area (Å²) in [6.45, 7) is 11.1. The molecule has 0 spiro atoms. The van der Waals surface area contributed by atoms with Crippen molar-refractivity contribution in [2.75, 3.05) is 11.9 Å². The van der Waals surface area contributed by atoms with E-state index < -0.39 is 0 Å². The van der Waals surface area contributed by atoms with Crippen LogP contribution in [0.4, 0.5) is 10.6 Å². The number of carbonyl (C=O) groups excluding carboxylic acids is 1. The highest BCUT2D eigenvalue weighted by molar-refractivity contribution is 5.89. The maximum absolute atomic E-state index is 12.9. The Balaban J connectivity index is 1.80. The minimum Gasteiger partial charge on any atom is -0.317 e. The van der Waals surface area contributed by atoms with Crippen molar-refractivity contribution in [2.24, 2.45) is 0 Å². The van der Waals surface area contributed by atoms with E-state index in [9.17, 15) is 4.79 Å². The third-order valence-corrected chi connectivity index (χ3v) is 4.68. The van der Waals surface area contributed by atoms with Gasteiger partial charge in [0.1, 0.15) is 5.82 Å². The molecule has 2 amide bonds. The topological polar surface area (TPSA) is 50.2 Å². The van der Waals surface area contributed by atoms with Crippen molar-refractivity contribution in [1.82, 2.24) is 14.7 Å². The van der Waals surface area contributed by atoms with Crippen molar-refractivity contribution in [3.05, 3.63) is 47.2 Å². The van der Waals surface area contributed by atoms with Gasteiger partial charge in [-0.1, -0.05) is 29.8 Å². The molecule has 2 aromatic rings. The van der Waals surface area contributed by atoms with Crippen LogP contribution in [0.15, 0.2) is 30.3 Å². The van der Waals surface area contributed by atoms with E-state index in [0.29, 0.717) is 0 Å².